The average molecular weight is 405 g/mol. The van der Waals surface area contributed by atoms with Crippen molar-refractivity contribution in [2.45, 2.75) is 6.10 Å². The van der Waals surface area contributed by atoms with Gasteiger partial charge in [0.25, 0.3) is 5.91 Å². The summed E-state index contributed by atoms with van der Waals surface area (Å²) in [6, 6.07) is 22.6. The first-order valence-electron chi connectivity index (χ1n) is 9.93. The zero-order valence-electron chi connectivity index (χ0n) is 16.5. The highest BCUT2D eigenvalue weighted by atomic mass is 16.6. The Balaban J connectivity index is 1.43. The Bertz CT molecular complexity index is 1010. The second-order valence-electron chi connectivity index (χ2n) is 7.02. The molecule has 1 atom stereocenters. The first-order chi connectivity index (χ1) is 14.7. The minimum atomic E-state index is -1.00. The van der Waals surface area contributed by atoms with Crippen molar-refractivity contribution < 1.29 is 23.8 Å². The number of morpholine rings is 1. The van der Waals surface area contributed by atoms with E-state index in [1.54, 1.807) is 17.0 Å². The zero-order valence-corrected chi connectivity index (χ0v) is 16.5. The van der Waals surface area contributed by atoms with Crippen LogP contribution in [0.15, 0.2) is 72.8 Å². The molecule has 30 heavy (non-hydrogen) atoms. The number of fused-ring (bicyclic) bond motifs is 1. The SMILES string of the molecule is O=C(COc1ccc2ccccc2c1)O[C@H](C(=O)N1CCOCC1)c1ccccc1. The van der Waals surface area contributed by atoms with Crippen LogP contribution >= 0.6 is 0 Å². The monoisotopic (exact) mass is 405 g/mol. The van der Waals surface area contributed by atoms with Gasteiger partial charge >= 0.3 is 5.97 Å². The number of carbonyl (C=O) groups excluding carboxylic acids is 2. The van der Waals surface area contributed by atoms with Crippen molar-refractivity contribution >= 4 is 22.6 Å². The highest BCUT2D eigenvalue weighted by Crippen LogP contribution is 2.23. The largest absolute Gasteiger partial charge is 0.482 e. The van der Waals surface area contributed by atoms with Gasteiger partial charge in [0.2, 0.25) is 6.10 Å². The lowest BCUT2D eigenvalue weighted by molar-refractivity contribution is -0.164. The maximum absolute atomic E-state index is 13.0. The Morgan fingerprint density at radius 2 is 1.60 bits per heavy atom. The third-order valence-corrected chi connectivity index (χ3v) is 4.98. The molecule has 0 spiro atoms. The molecular weight excluding hydrogens is 382 g/mol. The van der Waals surface area contributed by atoms with Crippen LogP contribution in [0.2, 0.25) is 0 Å². The molecule has 4 rings (SSSR count). The average Bonchev–Trinajstić information content (AvgIpc) is 2.82. The maximum Gasteiger partial charge on any atom is 0.345 e. The Kier molecular flexibility index (Phi) is 6.25. The van der Waals surface area contributed by atoms with E-state index in [-0.39, 0.29) is 12.5 Å². The maximum atomic E-state index is 13.0. The number of benzene rings is 3. The van der Waals surface area contributed by atoms with E-state index < -0.39 is 12.1 Å². The highest BCUT2D eigenvalue weighted by Gasteiger charge is 2.30. The van der Waals surface area contributed by atoms with Gasteiger partial charge in [-0.05, 0) is 22.9 Å². The minimum absolute atomic E-state index is 0.247. The first kappa shape index (κ1) is 19.9. The van der Waals surface area contributed by atoms with Gasteiger partial charge in [-0.25, -0.2) is 4.79 Å². The molecule has 1 amide bonds. The number of amides is 1. The van der Waals surface area contributed by atoms with E-state index in [0.29, 0.717) is 37.6 Å². The Labute approximate surface area is 175 Å². The smallest absolute Gasteiger partial charge is 0.345 e. The summed E-state index contributed by atoms with van der Waals surface area (Å²) in [6.45, 7) is 1.64. The molecule has 1 aliphatic heterocycles. The predicted molar refractivity (Wildman–Crippen MR) is 112 cm³/mol. The molecule has 1 saturated heterocycles. The fourth-order valence-electron chi connectivity index (χ4n) is 3.40. The molecular formula is C24H23NO5. The second-order valence-corrected chi connectivity index (χ2v) is 7.02. The van der Waals surface area contributed by atoms with Gasteiger partial charge in [-0.3, -0.25) is 4.79 Å². The lowest BCUT2D eigenvalue weighted by Gasteiger charge is -2.30. The summed E-state index contributed by atoms with van der Waals surface area (Å²) < 4.78 is 16.5. The third kappa shape index (κ3) is 4.78. The molecule has 6 nitrogen and oxygen atoms in total. The van der Waals surface area contributed by atoms with Crippen molar-refractivity contribution in [3.63, 3.8) is 0 Å². The molecule has 0 unspecified atom stereocenters. The van der Waals surface area contributed by atoms with Crippen molar-refractivity contribution in [2.24, 2.45) is 0 Å². The number of hydrogen-bond donors (Lipinski definition) is 0. The van der Waals surface area contributed by atoms with Gasteiger partial charge in [0, 0.05) is 18.7 Å². The summed E-state index contributed by atoms with van der Waals surface area (Å²) in [5.74, 6) is -0.274. The Morgan fingerprint density at radius 1 is 0.900 bits per heavy atom. The van der Waals surface area contributed by atoms with Gasteiger partial charge in [-0.1, -0.05) is 60.7 Å². The van der Waals surface area contributed by atoms with Crippen molar-refractivity contribution in [3.8, 4) is 5.75 Å². The van der Waals surface area contributed by atoms with Gasteiger partial charge in [0.1, 0.15) is 5.75 Å². The van der Waals surface area contributed by atoms with E-state index in [2.05, 4.69) is 0 Å². The van der Waals surface area contributed by atoms with E-state index in [0.717, 1.165) is 10.8 Å². The molecule has 1 heterocycles. The summed E-state index contributed by atoms with van der Waals surface area (Å²) in [6.07, 6.45) is -1.00. The minimum Gasteiger partial charge on any atom is -0.482 e. The quantitative estimate of drug-likeness (QED) is 0.589. The standard InChI is InChI=1S/C24H23NO5/c26-22(17-29-21-11-10-18-6-4-5-9-20(18)16-21)30-23(19-7-2-1-3-8-19)24(27)25-12-14-28-15-13-25/h1-11,16,23H,12-15,17H2/t23-/m0/s1. The summed E-state index contributed by atoms with van der Waals surface area (Å²) in [7, 11) is 0. The lowest BCUT2D eigenvalue weighted by atomic mass is 10.1. The summed E-state index contributed by atoms with van der Waals surface area (Å²) >= 11 is 0. The summed E-state index contributed by atoms with van der Waals surface area (Å²) in [5, 5.41) is 2.11. The van der Waals surface area contributed by atoms with Crippen LogP contribution in [0.4, 0.5) is 0 Å². The van der Waals surface area contributed by atoms with Crippen LogP contribution in [0.25, 0.3) is 10.8 Å². The first-order valence-corrected chi connectivity index (χ1v) is 9.93. The van der Waals surface area contributed by atoms with Crippen LogP contribution in [0.5, 0.6) is 5.75 Å². The van der Waals surface area contributed by atoms with Crippen LogP contribution in [0.3, 0.4) is 0 Å². The van der Waals surface area contributed by atoms with Crippen molar-refractivity contribution in [1.82, 2.24) is 4.90 Å². The topological polar surface area (TPSA) is 65.1 Å². The van der Waals surface area contributed by atoms with Crippen molar-refractivity contribution in [1.29, 1.82) is 0 Å². The number of hydrogen-bond acceptors (Lipinski definition) is 5. The van der Waals surface area contributed by atoms with Gasteiger partial charge < -0.3 is 19.1 Å². The van der Waals surface area contributed by atoms with E-state index in [1.807, 2.05) is 60.7 Å². The number of ether oxygens (including phenoxy) is 3. The fourth-order valence-corrected chi connectivity index (χ4v) is 3.40. The predicted octanol–water partition coefficient (Wildman–Crippen LogP) is 3.36. The van der Waals surface area contributed by atoms with Gasteiger partial charge in [-0.2, -0.15) is 0 Å². The van der Waals surface area contributed by atoms with Crippen LogP contribution in [-0.4, -0.2) is 49.7 Å². The van der Waals surface area contributed by atoms with Crippen LogP contribution in [-0.2, 0) is 19.1 Å². The molecule has 3 aromatic rings. The zero-order chi connectivity index (χ0) is 20.8. The molecule has 0 saturated carbocycles. The van der Waals surface area contributed by atoms with E-state index >= 15 is 0 Å². The van der Waals surface area contributed by atoms with E-state index in [4.69, 9.17) is 14.2 Å². The lowest BCUT2D eigenvalue weighted by Crippen LogP contribution is -2.44. The number of esters is 1. The van der Waals surface area contributed by atoms with E-state index in [1.165, 1.54) is 0 Å². The summed E-state index contributed by atoms with van der Waals surface area (Å²) in [5.41, 5.74) is 0.632. The number of carbonyl (C=O) groups is 2. The van der Waals surface area contributed by atoms with Crippen LogP contribution < -0.4 is 4.74 Å². The Morgan fingerprint density at radius 3 is 2.37 bits per heavy atom. The summed E-state index contributed by atoms with van der Waals surface area (Å²) in [4.78, 5) is 27.2. The van der Waals surface area contributed by atoms with E-state index in [9.17, 15) is 9.59 Å². The third-order valence-electron chi connectivity index (χ3n) is 4.98. The van der Waals surface area contributed by atoms with Crippen molar-refractivity contribution in [2.75, 3.05) is 32.9 Å². The number of rotatable bonds is 6. The van der Waals surface area contributed by atoms with Gasteiger partial charge in [0.15, 0.2) is 6.61 Å². The molecule has 0 N–H and O–H groups in total. The molecule has 0 aromatic heterocycles. The Hall–Kier alpha value is -3.38. The molecule has 6 heteroatoms. The molecule has 0 radical (unpaired) electrons. The second kappa shape index (κ2) is 9.41. The highest BCUT2D eigenvalue weighted by molar-refractivity contribution is 5.86. The number of nitrogens with zero attached hydrogens (tertiary/aromatic N) is 1. The normalized spacial score (nSPS) is 14.9. The fraction of sp³-hybridized carbons (Fsp3) is 0.250. The molecule has 0 aliphatic carbocycles. The van der Waals surface area contributed by atoms with Gasteiger partial charge in [0.05, 0.1) is 13.2 Å². The van der Waals surface area contributed by atoms with Crippen LogP contribution in [0.1, 0.15) is 11.7 Å². The molecule has 154 valence electrons. The molecule has 3 aromatic carbocycles. The molecule has 1 fully saturated rings. The molecule has 1 aliphatic rings. The molecule has 0 bridgehead atoms. The van der Waals surface area contributed by atoms with Crippen LogP contribution in [0, 0.1) is 0 Å². The van der Waals surface area contributed by atoms with Gasteiger partial charge in [-0.15, -0.1) is 0 Å². The van der Waals surface area contributed by atoms with Crippen molar-refractivity contribution in [3.05, 3.63) is 78.4 Å².